The normalized spacial score (nSPS) is 11.4. The number of hydrogen-bond acceptors (Lipinski definition) is 1. The Morgan fingerprint density at radius 3 is 1.33 bits per heavy atom. The number of aryl methyl sites for hydroxylation is 1. The van der Waals surface area contributed by atoms with Gasteiger partial charge in [0.05, 0.1) is 0 Å². The SMILES string of the molecule is Cc1cc(NC(=O)C(C)(C)C)c2c(-c3ccccc3)c(-c3ccccc3)c(-c3ccccc3)c(-c3ccccc3)c2c1. The van der Waals surface area contributed by atoms with Crippen LogP contribution in [0.15, 0.2) is 133 Å². The van der Waals surface area contributed by atoms with Gasteiger partial charge in [-0.15, -0.1) is 0 Å². The third-order valence-electron chi connectivity index (χ3n) is 7.73. The van der Waals surface area contributed by atoms with Crippen LogP contribution in [0.2, 0.25) is 0 Å². The van der Waals surface area contributed by atoms with Gasteiger partial charge in [0.2, 0.25) is 5.91 Å². The first kappa shape index (κ1) is 27.2. The van der Waals surface area contributed by atoms with E-state index in [1.54, 1.807) is 0 Å². The zero-order valence-corrected chi connectivity index (χ0v) is 24.6. The second-order valence-corrected chi connectivity index (χ2v) is 11.9. The van der Waals surface area contributed by atoms with E-state index in [2.05, 4.69) is 146 Å². The molecule has 0 fully saturated rings. The lowest BCUT2D eigenvalue weighted by molar-refractivity contribution is -0.123. The van der Waals surface area contributed by atoms with Crippen molar-refractivity contribution in [3.63, 3.8) is 0 Å². The highest BCUT2D eigenvalue weighted by Crippen LogP contribution is 2.52. The van der Waals surface area contributed by atoms with Gasteiger partial charge in [-0.05, 0) is 62.9 Å². The Kier molecular flexibility index (Phi) is 7.22. The van der Waals surface area contributed by atoms with Crippen molar-refractivity contribution in [2.45, 2.75) is 27.7 Å². The first-order chi connectivity index (χ1) is 20.3. The van der Waals surface area contributed by atoms with Gasteiger partial charge in [-0.25, -0.2) is 0 Å². The minimum atomic E-state index is -0.544. The molecule has 0 saturated heterocycles. The molecule has 0 unspecified atom stereocenters. The Bertz CT molecular complexity index is 1870. The summed E-state index contributed by atoms with van der Waals surface area (Å²) in [6.45, 7) is 7.97. The second kappa shape index (κ2) is 11.1. The van der Waals surface area contributed by atoms with Crippen molar-refractivity contribution in [1.29, 1.82) is 0 Å². The third-order valence-corrected chi connectivity index (χ3v) is 7.73. The number of nitrogens with one attached hydrogen (secondary N) is 1. The Morgan fingerprint density at radius 2 is 0.905 bits per heavy atom. The molecule has 0 aliphatic carbocycles. The van der Waals surface area contributed by atoms with Crippen LogP contribution in [0, 0.1) is 12.3 Å². The molecule has 6 aromatic carbocycles. The molecule has 2 heteroatoms. The van der Waals surface area contributed by atoms with Gasteiger partial charge >= 0.3 is 0 Å². The summed E-state index contributed by atoms with van der Waals surface area (Å²) < 4.78 is 0. The molecule has 0 radical (unpaired) electrons. The van der Waals surface area contributed by atoms with Crippen molar-refractivity contribution >= 4 is 22.4 Å². The lowest BCUT2D eigenvalue weighted by atomic mass is 9.78. The smallest absolute Gasteiger partial charge is 0.229 e. The fourth-order valence-corrected chi connectivity index (χ4v) is 5.76. The fourth-order valence-electron chi connectivity index (χ4n) is 5.76. The van der Waals surface area contributed by atoms with Gasteiger partial charge in [-0.2, -0.15) is 0 Å². The maximum atomic E-state index is 13.5. The van der Waals surface area contributed by atoms with E-state index in [4.69, 9.17) is 0 Å². The monoisotopic (exact) mass is 545 g/mol. The molecule has 0 atom stereocenters. The number of rotatable bonds is 5. The first-order valence-electron chi connectivity index (χ1n) is 14.5. The molecule has 1 amide bonds. The second-order valence-electron chi connectivity index (χ2n) is 11.9. The Labute approximate surface area is 248 Å². The fraction of sp³-hybridized carbons (Fsp3) is 0.125. The van der Waals surface area contributed by atoms with Crippen molar-refractivity contribution < 1.29 is 4.79 Å². The maximum Gasteiger partial charge on any atom is 0.229 e. The molecule has 42 heavy (non-hydrogen) atoms. The molecule has 0 spiro atoms. The van der Waals surface area contributed by atoms with Crippen LogP contribution in [-0.4, -0.2) is 5.91 Å². The van der Waals surface area contributed by atoms with Gasteiger partial charge in [0.1, 0.15) is 0 Å². The average Bonchev–Trinajstić information content (AvgIpc) is 3.01. The van der Waals surface area contributed by atoms with Gasteiger partial charge in [0, 0.05) is 22.1 Å². The Balaban J connectivity index is 1.91. The topological polar surface area (TPSA) is 29.1 Å². The van der Waals surface area contributed by atoms with Crippen molar-refractivity contribution in [3.8, 4) is 44.5 Å². The average molecular weight is 546 g/mol. The lowest BCUT2D eigenvalue weighted by Crippen LogP contribution is -2.27. The van der Waals surface area contributed by atoms with E-state index in [1.807, 2.05) is 20.8 Å². The molecule has 0 bridgehead atoms. The molecule has 0 aliphatic heterocycles. The molecule has 0 saturated carbocycles. The van der Waals surface area contributed by atoms with E-state index in [0.29, 0.717) is 0 Å². The highest BCUT2D eigenvalue weighted by atomic mass is 16.2. The zero-order chi connectivity index (χ0) is 29.3. The molecular formula is C40H35NO. The molecule has 6 aromatic rings. The molecule has 1 N–H and O–H groups in total. The minimum absolute atomic E-state index is 0.0110. The van der Waals surface area contributed by atoms with E-state index in [9.17, 15) is 4.79 Å². The van der Waals surface area contributed by atoms with Crippen LogP contribution >= 0.6 is 0 Å². The molecule has 2 nitrogen and oxygen atoms in total. The first-order valence-corrected chi connectivity index (χ1v) is 14.5. The van der Waals surface area contributed by atoms with E-state index >= 15 is 0 Å². The number of carbonyl (C=O) groups excluding carboxylic acids is 1. The van der Waals surface area contributed by atoms with Crippen LogP contribution in [0.4, 0.5) is 5.69 Å². The van der Waals surface area contributed by atoms with E-state index in [1.165, 1.54) is 5.56 Å². The zero-order valence-electron chi connectivity index (χ0n) is 24.6. The summed E-state index contributed by atoms with van der Waals surface area (Å²) in [5.41, 5.74) is 10.5. The highest BCUT2D eigenvalue weighted by molar-refractivity contribution is 6.22. The molecule has 0 heterocycles. The van der Waals surface area contributed by atoms with Gasteiger partial charge in [0.25, 0.3) is 0 Å². The largest absolute Gasteiger partial charge is 0.325 e. The summed E-state index contributed by atoms with van der Waals surface area (Å²) in [5.74, 6) is -0.0110. The molecule has 0 aliphatic rings. The van der Waals surface area contributed by atoms with Crippen LogP contribution in [0.5, 0.6) is 0 Å². The van der Waals surface area contributed by atoms with Crippen LogP contribution in [0.3, 0.4) is 0 Å². The van der Waals surface area contributed by atoms with Crippen molar-refractivity contribution in [1.82, 2.24) is 0 Å². The minimum Gasteiger partial charge on any atom is -0.325 e. The van der Waals surface area contributed by atoms with Crippen molar-refractivity contribution in [2.24, 2.45) is 5.41 Å². The van der Waals surface area contributed by atoms with E-state index in [0.717, 1.165) is 61.0 Å². The number of carbonyl (C=O) groups is 1. The lowest BCUT2D eigenvalue weighted by Gasteiger charge is -2.27. The maximum absolute atomic E-state index is 13.5. The third kappa shape index (κ3) is 5.12. The van der Waals surface area contributed by atoms with E-state index in [-0.39, 0.29) is 5.91 Å². The number of fused-ring (bicyclic) bond motifs is 1. The molecule has 6 rings (SSSR count). The number of anilines is 1. The Morgan fingerprint density at radius 1 is 0.524 bits per heavy atom. The predicted octanol–water partition coefficient (Wildman–Crippen LogP) is 10.8. The molecule has 206 valence electrons. The number of benzene rings is 6. The molecule has 0 aromatic heterocycles. The summed E-state index contributed by atoms with van der Waals surface area (Å²) >= 11 is 0. The van der Waals surface area contributed by atoms with Crippen LogP contribution in [0.1, 0.15) is 26.3 Å². The van der Waals surface area contributed by atoms with E-state index < -0.39 is 5.41 Å². The van der Waals surface area contributed by atoms with Crippen LogP contribution in [-0.2, 0) is 4.79 Å². The van der Waals surface area contributed by atoms with Crippen LogP contribution in [0.25, 0.3) is 55.3 Å². The number of hydrogen-bond donors (Lipinski definition) is 1. The summed E-state index contributed by atoms with van der Waals surface area (Å²) in [7, 11) is 0. The quantitative estimate of drug-likeness (QED) is 0.229. The summed E-state index contributed by atoms with van der Waals surface area (Å²) in [5, 5.41) is 5.51. The standard InChI is InChI=1S/C40H35NO/c1-27-25-32-34(28-17-9-5-10-18-28)35(29-19-11-6-12-20-29)36(30-21-13-7-14-22-30)37(31-23-15-8-16-24-31)38(32)33(26-27)41-39(42)40(2,3)4/h5-26H,1-4H3,(H,41,42). The summed E-state index contributed by atoms with van der Waals surface area (Å²) in [4.78, 5) is 13.5. The van der Waals surface area contributed by atoms with Crippen molar-refractivity contribution in [2.75, 3.05) is 5.32 Å². The van der Waals surface area contributed by atoms with Gasteiger partial charge in [-0.1, -0.05) is 148 Å². The predicted molar refractivity (Wildman–Crippen MR) is 179 cm³/mol. The van der Waals surface area contributed by atoms with Crippen LogP contribution < -0.4 is 5.32 Å². The summed E-state index contributed by atoms with van der Waals surface area (Å²) in [6, 6.07) is 46.9. The Hall–Kier alpha value is -4.95. The van der Waals surface area contributed by atoms with Gasteiger partial charge in [-0.3, -0.25) is 4.79 Å². The highest BCUT2D eigenvalue weighted by Gasteiger charge is 2.27. The van der Waals surface area contributed by atoms with Gasteiger partial charge in [0.15, 0.2) is 0 Å². The van der Waals surface area contributed by atoms with Crippen molar-refractivity contribution in [3.05, 3.63) is 139 Å². The molecular weight excluding hydrogens is 510 g/mol. The van der Waals surface area contributed by atoms with Gasteiger partial charge < -0.3 is 5.32 Å². The number of amides is 1. The summed E-state index contributed by atoms with van der Waals surface area (Å²) in [6.07, 6.45) is 0.